The Hall–Kier alpha value is -3.19. The van der Waals surface area contributed by atoms with Gasteiger partial charge in [-0.15, -0.1) is 0 Å². The van der Waals surface area contributed by atoms with Gasteiger partial charge in [-0.2, -0.15) is 0 Å². The number of carbonyl (C=O) groups excluding carboxylic acids is 1. The molecule has 0 spiro atoms. The predicted octanol–water partition coefficient (Wildman–Crippen LogP) is 4.51. The molecular formula is C26H31NO6. The van der Waals surface area contributed by atoms with Gasteiger partial charge < -0.3 is 24.1 Å². The number of aromatic hydroxyl groups is 1. The van der Waals surface area contributed by atoms with Crippen LogP contribution in [0.1, 0.15) is 41.8 Å². The molecule has 2 aromatic rings. The van der Waals surface area contributed by atoms with Gasteiger partial charge in [0.2, 0.25) is 11.5 Å². The van der Waals surface area contributed by atoms with E-state index in [1.165, 1.54) is 13.5 Å². The van der Waals surface area contributed by atoms with E-state index >= 15 is 0 Å². The van der Waals surface area contributed by atoms with Crippen LogP contribution >= 0.6 is 0 Å². The minimum absolute atomic E-state index is 0.140. The minimum Gasteiger partial charge on any atom is -0.507 e. The number of hydrogen-bond acceptors (Lipinski definition) is 7. The van der Waals surface area contributed by atoms with Crippen LogP contribution in [0.2, 0.25) is 0 Å². The third kappa shape index (κ3) is 4.50. The zero-order valence-corrected chi connectivity index (χ0v) is 19.8. The Bertz CT molecular complexity index is 1060. The number of allylic oxidation sites excluding steroid dienone is 1. The minimum atomic E-state index is -0.222. The first-order valence-electron chi connectivity index (χ1n) is 11.2. The number of methoxy groups -OCH3 is 3. The van der Waals surface area contributed by atoms with Crippen LogP contribution in [0.5, 0.6) is 28.7 Å². The molecular weight excluding hydrogens is 422 g/mol. The fourth-order valence-corrected chi connectivity index (χ4v) is 4.93. The highest BCUT2D eigenvalue weighted by molar-refractivity contribution is 6.15. The van der Waals surface area contributed by atoms with E-state index in [0.29, 0.717) is 58.1 Å². The Morgan fingerprint density at radius 2 is 1.70 bits per heavy atom. The Balaban J connectivity index is 1.66. The average Bonchev–Trinajstić information content (AvgIpc) is 3.09. The van der Waals surface area contributed by atoms with Crippen LogP contribution in [-0.4, -0.2) is 50.2 Å². The van der Waals surface area contributed by atoms with Crippen LogP contribution in [0.4, 0.5) is 0 Å². The Kier molecular flexibility index (Phi) is 6.51. The second kappa shape index (κ2) is 9.35. The molecule has 2 aliphatic heterocycles. The van der Waals surface area contributed by atoms with Crippen LogP contribution < -0.4 is 18.9 Å². The van der Waals surface area contributed by atoms with E-state index in [1.54, 1.807) is 44.6 Å². The summed E-state index contributed by atoms with van der Waals surface area (Å²) in [7, 11) is 4.62. The van der Waals surface area contributed by atoms with E-state index in [0.717, 1.165) is 13.1 Å². The first-order valence-corrected chi connectivity index (χ1v) is 11.2. The molecule has 1 fully saturated rings. The lowest BCUT2D eigenvalue weighted by atomic mass is 9.91. The number of piperidine rings is 1. The van der Waals surface area contributed by atoms with Gasteiger partial charge in [0.05, 0.1) is 32.5 Å². The topological polar surface area (TPSA) is 77.5 Å². The summed E-state index contributed by atoms with van der Waals surface area (Å²) in [6.45, 7) is 6.94. The largest absolute Gasteiger partial charge is 0.507 e. The van der Waals surface area contributed by atoms with Crippen molar-refractivity contribution >= 4 is 11.9 Å². The zero-order chi connectivity index (χ0) is 23.7. The van der Waals surface area contributed by atoms with E-state index in [1.807, 2.05) is 0 Å². The lowest BCUT2D eigenvalue weighted by Gasteiger charge is -2.35. The molecule has 1 N–H and O–H groups in total. The van der Waals surface area contributed by atoms with Gasteiger partial charge in [-0.3, -0.25) is 9.69 Å². The molecule has 0 bridgehead atoms. The number of nitrogens with zero attached hydrogens (tertiary/aromatic N) is 1. The Labute approximate surface area is 194 Å². The van der Waals surface area contributed by atoms with Crippen LogP contribution in [0.15, 0.2) is 30.0 Å². The number of likely N-dealkylation sites (tertiary alicyclic amines) is 1. The second-order valence-electron chi connectivity index (χ2n) is 8.98. The number of benzene rings is 2. The number of rotatable bonds is 6. The highest BCUT2D eigenvalue weighted by atomic mass is 16.5. The van der Waals surface area contributed by atoms with Crippen molar-refractivity contribution in [1.82, 2.24) is 4.90 Å². The standard InChI is InChI=1S/C26H31NO6/c1-15-8-16(2)13-27(12-15)14-19-20(28)7-6-18-24(29)21(33-25(18)19)9-17-10-22(30-3)26(32-5)23(11-17)31-4/h6-7,9-11,15-16,28H,8,12-14H2,1-5H3/b21-9-/t15-,16-/m1/s1. The molecule has 0 unspecified atom stereocenters. The lowest BCUT2D eigenvalue weighted by molar-refractivity contribution is 0.101. The van der Waals surface area contributed by atoms with Gasteiger partial charge in [-0.05, 0) is 54.2 Å². The molecule has 2 aliphatic rings. The molecule has 1 saturated heterocycles. The molecule has 2 aromatic carbocycles. The number of fused-ring (bicyclic) bond motifs is 1. The maximum absolute atomic E-state index is 13.1. The number of phenols is 1. The van der Waals surface area contributed by atoms with Gasteiger partial charge in [-0.1, -0.05) is 13.8 Å². The summed E-state index contributed by atoms with van der Waals surface area (Å²) in [5.41, 5.74) is 1.78. The summed E-state index contributed by atoms with van der Waals surface area (Å²) in [5.74, 6) is 3.16. The van der Waals surface area contributed by atoms with Crippen LogP contribution in [0.25, 0.3) is 6.08 Å². The summed E-state index contributed by atoms with van der Waals surface area (Å²) in [5, 5.41) is 10.6. The Morgan fingerprint density at radius 3 is 2.27 bits per heavy atom. The average molecular weight is 454 g/mol. The first-order chi connectivity index (χ1) is 15.8. The fraction of sp³-hybridized carbons (Fsp3) is 0.423. The Morgan fingerprint density at radius 1 is 1.06 bits per heavy atom. The molecule has 0 radical (unpaired) electrons. The maximum atomic E-state index is 13.1. The number of Topliss-reactive ketones (excluding diaryl/α,β-unsaturated/α-hetero) is 1. The fourth-order valence-electron chi connectivity index (χ4n) is 4.93. The van der Waals surface area contributed by atoms with Gasteiger partial charge in [0.1, 0.15) is 11.5 Å². The molecule has 0 amide bonds. The van der Waals surface area contributed by atoms with Gasteiger partial charge in [0.15, 0.2) is 17.3 Å². The normalized spacial score (nSPS) is 21.6. The number of carbonyl (C=O) groups is 1. The lowest BCUT2D eigenvalue weighted by Crippen LogP contribution is -2.38. The van der Waals surface area contributed by atoms with Gasteiger partial charge in [-0.25, -0.2) is 0 Å². The molecule has 2 atom stereocenters. The van der Waals surface area contributed by atoms with Crippen LogP contribution in [0, 0.1) is 11.8 Å². The van der Waals surface area contributed by atoms with E-state index in [2.05, 4.69) is 18.7 Å². The van der Waals surface area contributed by atoms with Crippen molar-refractivity contribution in [3.05, 3.63) is 46.7 Å². The molecule has 7 heteroatoms. The molecule has 7 nitrogen and oxygen atoms in total. The number of ether oxygens (including phenoxy) is 4. The summed E-state index contributed by atoms with van der Waals surface area (Å²) in [4.78, 5) is 15.4. The quantitative estimate of drug-likeness (QED) is 0.645. The summed E-state index contributed by atoms with van der Waals surface area (Å²) >= 11 is 0. The molecule has 0 saturated carbocycles. The van der Waals surface area contributed by atoms with Crippen LogP contribution in [0.3, 0.4) is 0 Å². The van der Waals surface area contributed by atoms with E-state index in [4.69, 9.17) is 18.9 Å². The third-order valence-electron chi connectivity index (χ3n) is 6.23. The van der Waals surface area contributed by atoms with E-state index in [9.17, 15) is 9.90 Å². The third-order valence-corrected chi connectivity index (χ3v) is 6.23. The zero-order valence-electron chi connectivity index (χ0n) is 19.8. The van der Waals surface area contributed by atoms with Crippen LogP contribution in [-0.2, 0) is 6.54 Å². The molecule has 176 valence electrons. The molecule has 0 aromatic heterocycles. The maximum Gasteiger partial charge on any atom is 0.231 e. The highest BCUT2D eigenvalue weighted by Crippen LogP contribution is 2.42. The van der Waals surface area contributed by atoms with Crippen molar-refractivity contribution in [2.75, 3.05) is 34.4 Å². The van der Waals surface area contributed by atoms with E-state index in [-0.39, 0.29) is 17.3 Å². The number of phenolic OH excluding ortho intramolecular Hbond substituents is 1. The predicted molar refractivity (Wildman–Crippen MR) is 125 cm³/mol. The molecule has 0 aliphatic carbocycles. The summed E-state index contributed by atoms with van der Waals surface area (Å²) in [6.07, 6.45) is 2.85. The molecule has 2 heterocycles. The highest BCUT2D eigenvalue weighted by Gasteiger charge is 2.33. The van der Waals surface area contributed by atoms with Crippen molar-refractivity contribution in [3.63, 3.8) is 0 Å². The van der Waals surface area contributed by atoms with Crippen molar-refractivity contribution in [2.24, 2.45) is 11.8 Å². The summed E-state index contributed by atoms with van der Waals surface area (Å²) < 4.78 is 22.2. The van der Waals surface area contributed by atoms with Crippen molar-refractivity contribution in [2.45, 2.75) is 26.8 Å². The van der Waals surface area contributed by atoms with Crippen molar-refractivity contribution in [1.29, 1.82) is 0 Å². The smallest absolute Gasteiger partial charge is 0.231 e. The number of ketones is 1. The molecule has 33 heavy (non-hydrogen) atoms. The van der Waals surface area contributed by atoms with Crippen molar-refractivity contribution < 1.29 is 28.8 Å². The summed E-state index contributed by atoms with van der Waals surface area (Å²) in [6, 6.07) is 6.70. The molecule has 4 rings (SSSR count). The van der Waals surface area contributed by atoms with Gasteiger partial charge in [0, 0.05) is 19.6 Å². The first kappa shape index (κ1) is 23.0. The van der Waals surface area contributed by atoms with E-state index < -0.39 is 0 Å². The van der Waals surface area contributed by atoms with Gasteiger partial charge in [0.25, 0.3) is 0 Å². The van der Waals surface area contributed by atoms with Crippen molar-refractivity contribution in [3.8, 4) is 28.7 Å². The monoisotopic (exact) mass is 453 g/mol. The SMILES string of the molecule is COc1cc(/C=C2\Oc3c(ccc(O)c3CN3C[C@H](C)C[C@@H](C)C3)C2=O)cc(OC)c1OC. The van der Waals surface area contributed by atoms with Gasteiger partial charge >= 0.3 is 0 Å². The number of hydrogen-bond donors (Lipinski definition) is 1. The second-order valence-corrected chi connectivity index (χ2v) is 8.98.